The van der Waals surface area contributed by atoms with Crippen molar-refractivity contribution in [1.29, 1.82) is 0 Å². The number of carbonyl (C=O) groups is 1. The topological polar surface area (TPSA) is 30.0 Å². The summed E-state index contributed by atoms with van der Waals surface area (Å²) in [6.45, 7) is 0. The Bertz CT molecular complexity index is 305. The Balaban J connectivity index is 3.12. The zero-order valence-electron chi connectivity index (χ0n) is 5.80. The first-order chi connectivity index (χ1) is 5.65. The van der Waals surface area contributed by atoms with Crippen LogP contribution in [0.25, 0.3) is 0 Å². The summed E-state index contributed by atoms with van der Waals surface area (Å²) in [5.74, 6) is -0.960. The summed E-state index contributed by atoms with van der Waals surface area (Å²) in [5, 5.41) is 0. The van der Waals surface area contributed by atoms with Gasteiger partial charge in [0.2, 0.25) is 5.95 Å². The van der Waals surface area contributed by atoms with Gasteiger partial charge in [-0.25, -0.2) is 9.37 Å². The maximum absolute atomic E-state index is 12.7. The highest BCUT2D eigenvalue weighted by Gasteiger charge is 2.14. The number of halogens is 3. The second kappa shape index (κ2) is 3.71. The molecule has 0 N–H and O–H groups in total. The lowest BCUT2D eigenvalue weighted by atomic mass is 10.2. The highest BCUT2D eigenvalue weighted by Crippen LogP contribution is 2.20. The van der Waals surface area contributed by atoms with E-state index in [0.29, 0.717) is 4.47 Å². The Morgan fingerprint density at radius 3 is 2.92 bits per heavy atom. The van der Waals surface area contributed by atoms with Crippen molar-refractivity contribution in [3.8, 4) is 0 Å². The number of carbonyl (C=O) groups excluding carboxylic acids is 1. The fourth-order valence-corrected chi connectivity index (χ4v) is 1.05. The molecule has 0 aliphatic heterocycles. The number of hydrogen-bond donors (Lipinski definition) is 0. The van der Waals surface area contributed by atoms with Crippen molar-refractivity contribution in [2.45, 2.75) is 6.17 Å². The van der Waals surface area contributed by atoms with Gasteiger partial charge in [-0.3, -0.25) is 4.79 Å². The van der Waals surface area contributed by atoms with Crippen LogP contribution < -0.4 is 0 Å². The van der Waals surface area contributed by atoms with E-state index in [0.717, 1.165) is 0 Å². The molecule has 1 heterocycles. The number of pyridine rings is 1. The summed E-state index contributed by atoms with van der Waals surface area (Å²) < 4.78 is 25.7. The van der Waals surface area contributed by atoms with E-state index in [9.17, 15) is 13.6 Å². The van der Waals surface area contributed by atoms with Gasteiger partial charge in [0.25, 0.3) is 0 Å². The van der Waals surface area contributed by atoms with E-state index in [4.69, 9.17) is 0 Å². The van der Waals surface area contributed by atoms with Crippen molar-refractivity contribution >= 4 is 22.2 Å². The fourth-order valence-electron chi connectivity index (χ4n) is 0.705. The molecule has 1 atom stereocenters. The normalized spacial score (nSPS) is 12.6. The molecule has 0 saturated carbocycles. The molecule has 0 amide bonds. The van der Waals surface area contributed by atoms with Crippen molar-refractivity contribution in [1.82, 2.24) is 4.98 Å². The quantitative estimate of drug-likeness (QED) is 0.581. The van der Waals surface area contributed by atoms with Gasteiger partial charge >= 0.3 is 0 Å². The van der Waals surface area contributed by atoms with Crippen molar-refractivity contribution in [2.75, 3.05) is 0 Å². The summed E-state index contributed by atoms with van der Waals surface area (Å²) in [5.41, 5.74) is -0.348. The van der Waals surface area contributed by atoms with E-state index in [-0.39, 0.29) is 11.8 Å². The molecule has 1 aromatic heterocycles. The van der Waals surface area contributed by atoms with Crippen LogP contribution in [0.15, 0.2) is 16.7 Å². The van der Waals surface area contributed by atoms with Crippen LogP contribution in [0, 0.1) is 5.95 Å². The minimum atomic E-state index is -1.95. The average Bonchev–Trinajstić information content (AvgIpc) is 2.08. The molecular formula is C7H4BrF2NO. The summed E-state index contributed by atoms with van der Waals surface area (Å²) in [7, 11) is 0. The van der Waals surface area contributed by atoms with E-state index in [1.54, 1.807) is 0 Å². The first-order valence-corrected chi connectivity index (χ1v) is 3.84. The van der Waals surface area contributed by atoms with Crippen molar-refractivity contribution < 1.29 is 13.6 Å². The lowest BCUT2D eigenvalue weighted by molar-refractivity contribution is -0.112. The van der Waals surface area contributed by atoms with Gasteiger partial charge in [0.15, 0.2) is 12.5 Å². The molecule has 5 heteroatoms. The standard InChI is InChI=1S/C7H4BrF2NO/c8-4-1-5(6(9)3-12)7(10)11-2-4/h1-3,6H. The largest absolute Gasteiger partial charge is 0.300 e. The van der Waals surface area contributed by atoms with Crippen LogP contribution in [0.5, 0.6) is 0 Å². The van der Waals surface area contributed by atoms with Gasteiger partial charge in [-0.05, 0) is 22.0 Å². The second-order valence-electron chi connectivity index (χ2n) is 2.07. The number of aldehydes is 1. The van der Waals surface area contributed by atoms with Crippen molar-refractivity contribution in [2.24, 2.45) is 0 Å². The maximum Gasteiger partial charge on any atom is 0.219 e. The number of aromatic nitrogens is 1. The molecule has 1 aromatic rings. The maximum atomic E-state index is 12.7. The summed E-state index contributed by atoms with van der Waals surface area (Å²) in [6, 6.07) is 1.18. The van der Waals surface area contributed by atoms with Crippen LogP contribution in [-0.4, -0.2) is 11.3 Å². The fraction of sp³-hybridized carbons (Fsp3) is 0.143. The molecule has 0 aliphatic carbocycles. The second-order valence-corrected chi connectivity index (χ2v) is 2.99. The monoisotopic (exact) mass is 235 g/mol. The summed E-state index contributed by atoms with van der Waals surface area (Å²) in [6.07, 6.45) is -0.738. The van der Waals surface area contributed by atoms with E-state index >= 15 is 0 Å². The third kappa shape index (κ3) is 1.85. The third-order valence-corrected chi connectivity index (χ3v) is 1.68. The van der Waals surface area contributed by atoms with Crippen molar-refractivity contribution in [3.63, 3.8) is 0 Å². The minimum Gasteiger partial charge on any atom is -0.300 e. The zero-order valence-corrected chi connectivity index (χ0v) is 7.38. The Morgan fingerprint density at radius 2 is 2.33 bits per heavy atom. The Morgan fingerprint density at radius 1 is 1.67 bits per heavy atom. The van der Waals surface area contributed by atoms with Crippen molar-refractivity contribution in [3.05, 3.63) is 28.2 Å². The zero-order chi connectivity index (χ0) is 9.14. The molecule has 1 unspecified atom stereocenters. The Labute approximate surface area is 75.7 Å². The van der Waals surface area contributed by atoms with Gasteiger partial charge < -0.3 is 0 Å². The Kier molecular flexibility index (Phi) is 2.86. The molecule has 0 aromatic carbocycles. The Hall–Kier alpha value is -0.840. The first-order valence-electron chi connectivity index (χ1n) is 3.05. The van der Waals surface area contributed by atoms with Crippen LogP contribution in [-0.2, 0) is 4.79 Å². The van der Waals surface area contributed by atoms with Crippen LogP contribution in [0.2, 0.25) is 0 Å². The predicted octanol–water partition coefficient (Wildman–Crippen LogP) is 2.19. The molecule has 0 aliphatic rings. The van der Waals surface area contributed by atoms with E-state index in [1.807, 2.05) is 0 Å². The molecular weight excluding hydrogens is 232 g/mol. The number of hydrogen-bond acceptors (Lipinski definition) is 2. The molecule has 0 spiro atoms. The van der Waals surface area contributed by atoms with E-state index in [1.165, 1.54) is 12.3 Å². The van der Waals surface area contributed by atoms with Gasteiger partial charge in [0.1, 0.15) is 0 Å². The molecule has 0 radical (unpaired) electrons. The van der Waals surface area contributed by atoms with E-state index in [2.05, 4.69) is 20.9 Å². The molecule has 0 saturated heterocycles. The van der Waals surface area contributed by atoms with Gasteiger partial charge in [-0.15, -0.1) is 0 Å². The van der Waals surface area contributed by atoms with E-state index < -0.39 is 12.1 Å². The number of nitrogens with zero attached hydrogens (tertiary/aromatic N) is 1. The lowest BCUT2D eigenvalue weighted by Crippen LogP contribution is -1.98. The molecule has 0 bridgehead atoms. The SMILES string of the molecule is O=CC(F)c1cc(Br)cnc1F. The van der Waals surface area contributed by atoms with Gasteiger partial charge in [-0.1, -0.05) is 0 Å². The highest BCUT2D eigenvalue weighted by molar-refractivity contribution is 9.10. The highest BCUT2D eigenvalue weighted by atomic mass is 79.9. The first kappa shape index (κ1) is 9.25. The number of rotatable bonds is 2. The van der Waals surface area contributed by atoms with Crippen LogP contribution >= 0.6 is 15.9 Å². The molecule has 2 nitrogen and oxygen atoms in total. The smallest absolute Gasteiger partial charge is 0.219 e. The van der Waals surface area contributed by atoms with Crippen LogP contribution in [0.1, 0.15) is 11.7 Å². The predicted molar refractivity (Wildman–Crippen MR) is 41.8 cm³/mol. The van der Waals surface area contributed by atoms with Crippen LogP contribution in [0.4, 0.5) is 8.78 Å². The minimum absolute atomic E-state index is 0.0204. The third-order valence-electron chi connectivity index (χ3n) is 1.25. The van der Waals surface area contributed by atoms with Gasteiger partial charge in [0.05, 0.1) is 0 Å². The lowest BCUT2D eigenvalue weighted by Gasteiger charge is -2.01. The molecule has 1 rings (SSSR count). The number of alkyl halides is 1. The van der Waals surface area contributed by atoms with Gasteiger partial charge in [-0.2, -0.15) is 4.39 Å². The molecule has 0 fully saturated rings. The average molecular weight is 236 g/mol. The van der Waals surface area contributed by atoms with Crippen LogP contribution in [0.3, 0.4) is 0 Å². The molecule has 12 heavy (non-hydrogen) atoms. The summed E-state index contributed by atoms with van der Waals surface area (Å²) in [4.78, 5) is 13.2. The molecule has 64 valence electrons. The van der Waals surface area contributed by atoms with Gasteiger partial charge in [0, 0.05) is 16.2 Å². The summed E-state index contributed by atoms with van der Waals surface area (Å²) >= 11 is 2.98.